The van der Waals surface area contributed by atoms with Crippen molar-refractivity contribution in [1.82, 2.24) is 0 Å². The summed E-state index contributed by atoms with van der Waals surface area (Å²) in [5.41, 5.74) is -1.50. The molecule has 0 aliphatic carbocycles. The molecule has 0 aromatic rings. The number of carbonyl (C=O) groups excluding carboxylic acids is 2. The summed E-state index contributed by atoms with van der Waals surface area (Å²) in [5.74, 6) is -1.44. The molecule has 0 radical (unpaired) electrons. The molecule has 0 heterocycles. The molecule has 0 aliphatic rings. The van der Waals surface area contributed by atoms with E-state index in [0.29, 0.717) is 6.42 Å². The zero-order chi connectivity index (χ0) is 16.0. The smallest absolute Gasteiger partial charge is 0.339 e. The normalized spacial score (nSPS) is 14.2. The van der Waals surface area contributed by atoms with Gasteiger partial charge in [-0.3, -0.25) is 4.79 Å². The van der Waals surface area contributed by atoms with E-state index in [0.717, 1.165) is 5.57 Å². The molecule has 0 bridgehead atoms. The molecule has 0 aromatic carbocycles. The molecule has 0 spiro atoms. The lowest BCUT2D eigenvalue weighted by atomic mass is 9.93. The van der Waals surface area contributed by atoms with Crippen LogP contribution in [-0.4, -0.2) is 35.4 Å². The van der Waals surface area contributed by atoms with Gasteiger partial charge in [-0.2, -0.15) is 0 Å². The summed E-state index contributed by atoms with van der Waals surface area (Å²) in [5, 5.41) is 10.5. The molecule has 0 aromatic heterocycles. The van der Waals surface area contributed by atoms with Crippen LogP contribution in [0.4, 0.5) is 0 Å². The van der Waals surface area contributed by atoms with Gasteiger partial charge in [-0.1, -0.05) is 11.6 Å². The average molecular weight is 286 g/mol. The molecule has 0 fully saturated rings. The van der Waals surface area contributed by atoms with Crippen LogP contribution in [0.1, 0.15) is 53.9 Å². The number of aliphatic hydroxyl groups is 1. The van der Waals surface area contributed by atoms with Crippen LogP contribution in [0.5, 0.6) is 0 Å². The topological polar surface area (TPSA) is 72.8 Å². The molecule has 20 heavy (non-hydrogen) atoms. The zero-order valence-electron chi connectivity index (χ0n) is 13.3. The van der Waals surface area contributed by atoms with E-state index in [2.05, 4.69) is 4.74 Å². The van der Waals surface area contributed by atoms with Crippen LogP contribution in [0.15, 0.2) is 11.6 Å². The Morgan fingerprint density at radius 2 is 1.75 bits per heavy atom. The van der Waals surface area contributed by atoms with Crippen LogP contribution in [0.3, 0.4) is 0 Å². The van der Waals surface area contributed by atoms with Crippen LogP contribution in [0.25, 0.3) is 0 Å². The highest BCUT2D eigenvalue weighted by Gasteiger charge is 2.41. The quantitative estimate of drug-likeness (QED) is 0.599. The second-order valence-corrected chi connectivity index (χ2v) is 6.11. The Morgan fingerprint density at radius 1 is 1.20 bits per heavy atom. The number of allylic oxidation sites excluding steroid dienone is 2. The predicted molar refractivity (Wildman–Crippen MR) is 76.1 cm³/mol. The maximum Gasteiger partial charge on any atom is 0.339 e. The fourth-order valence-electron chi connectivity index (χ4n) is 1.55. The minimum atomic E-state index is -1.85. The lowest BCUT2D eigenvalue weighted by Gasteiger charge is -2.29. The lowest BCUT2D eigenvalue weighted by Crippen LogP contribution is -2.45. The van der Waals surface area contributed by atoms with E-state index in [4.69, 9.17) is 4.74 Å². The van der Waals surface area contributed by atoms with E-state index in [-0.39, 0.29) is 6.42 Å². The third-order valence-electron chi connectivity index (χ3n) is 2.55. The Morgan fingerprint density at radius 3 is 2.15 bits per heavy atom. The van der Waals surface area contributed by atoms with Crippen LogP contribution in [0.2, 0.25) is 0 Å². The SMILES string of the molecule is COC(=O)CC(O)(CCC=C(C)C)C(=O)OC(C)(C)C. The van der Waals surface area contributed by atoms with E-state index in [1.807, 2.05) is 19.9 Å². The van der Waals surface area contributed by atoms with Gasteiger partial charge in [0, 0.05) is 0 Å². The Hall–Kier alpha value is -1.36. The van der Waals surface area contributed by atoms with Crippen molar-refractivity contribution in [2.75, 3.05) is 7.11 Å². The van der Waals surface area contributed by atoms with Crippen molar-refractivity contribution in [3.63, 3.8) is 0 Å². The number of methoxy groups -OCH3 is 1. The fourth-order valence-corrected chi connectivity index (χ4v) is 1.55. The van der Waals surface area contributed by atoms with Crippen LogP contribution < -0.4 is 0 Å². The van der Waals surface area contributed by atoms with Gasteiger partial charge in [-0.25, -0.2) is 4.79 Å². The zero-order valence-corrected chi connectivity index (χ0v) is 13.3. The summed E-state index contributed by atoms with van der Waals surface area (Å²) in [6, 6.07) is 0. The molecule has 0 saturated heterocycles. The molecule has 5 nitrogen and oxygen atoms in total. The summed E-state index contributed by atoms with van der Waals surface area (Å²) in [4.78, 5) is 23.5. The van der Waals surface area contributed by atoms with Gasteiger partial charge < -0.3 is 14.6 Å². The second-order valence-electron chi connectivity index (χ2n) is 6.11. The highest BCUT2D eigenvalue weighted by Crippen LogP contribution is 2.24. The fraction of sp³-hybridized carbons (Fsp3) is 0.733. The van der Waals surface area contributed by atoms with Gasteiger partial charge in [-0.05, 0) is 47.5 Å². The van der Waals surface area contributed by atoms with E-state index < -0.39 is 29.6 Å². The molecule has 116 valence electrons. The Bertz CT molecular complexity index is 374. The van der Waals surface area contributed by atoms with Crippen LogP contribution in [0, 0.1) is 0 Å². The first-order valence-corrected chi connectivity index (χ1v) is 6.66. The molecule has 1 atom stereocenters. The third-order valence-corrected chi connectivity index (χ3v) is 2.55. The molecule has 0 rings (SSSR count). The Kier molecular flexibility index (Phi) is 6.92. The summed E-state index contributed by atoms with van der Waals surface area (Å²) in [6.07, 6.45) is 2.08. The number of hydrogen-bond acceptors (Lipinski definition) is 5. The monoisotopic (exact) mass is 286 g/mol. The molecule has 0 amide bonds. The Labute approximate surface area is 121 Å². The van der Waals surface area contributed by atoms with Crippen LogP contribution >= 0.6 is 0 Å². The lowest BCUT2D eigenvalue weighted by molar-refractivity contribution is -0.182. The van der Waals surface area contributed by atoms with Gasteiger partial charge in [0.15, 0.2) is 5.60 Å². The molecular weight excluding hydrogens is 260 g/mol. The van der Waals surface area contributed by atoms with Gasteiger partial charge in [0.25, 0.3) is 0 Å². The van der Waals surface area contributed by atoms with E-state index in [1.165, 1.54) is 7.11 Å². The molecule has 1 unspecified atom stereocenters. The van der Waals surface area contributed by atoms with Crippen LogP contribution in [-0.2, 0) is 19.1 Å². The van der Waals surface area contributed by atoms with E-state index in [1.54, 1.807) is 20.8 Å². The van der Waals surface area contributed by atoms with Crippen molar-refractivity contribution >= 4 is 11.9 Å². The summed E-state index contributed by atoms with van der Waals surface area (Å²) in [6.45, 7) is 8.97. The molecule has 1 N–H and O–H groups in total. The molecule has 0 aliphatic heterocycles. The van der Waals surface area contributed by atoms with Crippen molar-refractivity contribution in [3.8, 4) is 0 Å². The van der Waals surface area contributed by atoms with Gasteiger partial charge in [0.1, 0.15) is 5.60 Å². The number of rotatable bonds is 6. The van der Waals surface area contributed by atoms with Gasteiger partial charge in [0.05, 0.1) is 13.5 Å². The maximum absolute atomic E-state index is 12.1. The van der Waals surface area contributed by atoms with Crippen molar-refractivity contribution in [2.45, 2.75) is 65.1 Å². The molecular formula is C15H26O5. The third kappa shape index (κ3) is 7.28. The number of carbonyl (C=O) groups is 2. The van der Waals surface area contributed by atoms with E-state index >= 15 is 0 Å². The first-order chi connectivity index (χ1) is 9.00. The standard InChI is InChI=1S/C15H26O5/c1-11(2)8-7-9-15(18,10-12(16)19-6)13(17)20-14(3,4)5/h8,18H,7,9-10H2,1-6H3. The summed E-state index contributed by atoms with van der Waals surface area (Å²) >= 11 is 0. The first-order valence-electron chi connectivity index (χ1n) is 6.66. The average Bonchev–Trinajstić information content (AvgIpc) is 2.25. The first kappa shape index (κ1) is 18.6. The van der Waals surface area contributed by atoms with Gasteiger partial charge in [0.2, 0.25) is 0 Å². The summed E-state index contributed by atoms with van der Waals surface area (Å²) < 4.78 is 9.72. The second kappa shape index (κ2) is 7.43. The van der Waals surface area contributed by atoms with Crippen molar-refractivity contribution in [1.29, 1.82) is 0 Å². The minimum Gasteiger partial charge on any atom is -0.469 e. The largest absolute Gasteiger partial charge is 0.469 e. The number of ether oxygens (including phenoxy) is 2. The summed E-state index contributed by atoms with van der Waals surface area (Å²) in [7, 11) is 1.22. The number of hydrogen-bond donors (Lipinski definition) is 1. The minimum absolute atomic E-state index is 0.113. The number of esters is 2. The van der Waals surface area contributed by atoms with Crippen molar-refractivity contribution < 1.29 is 24.2 Å². The van der Waals surface area contributed by atoms with E-state index in [9.17, 15) is 14.7 Å². The molecule has 0 saturated carbocycles. The van der Waals surface area contributed by atoms with Gasteiger partial charge >= 0.3 is 11.9 Å². The Balaban J connectivity index is 4.98. The predicted octanol–water partition coefficient (Wildman–Crippen LogP) is 2.37. The highest BCUT2D eigenvalue weighted by molar-refractivity contribution is 5.85. The van der Waals surface area contributed by atoms with Crippen molar-refractivity contribution in [3.05, 3.63) is 11.6 Å². The maximum atomic E-state index is 12.1. The van der Waals surface area contributed by atoms with Gasteiger partial charge in [-0.15, -0.1) is 0 Å². The van der Waals surface area contributed by atoms with Crippen molar-refractivity contribution in [2.24, 2.45) is 0 Å². The molecule has 5 heteroatoms. The highest BCUT2D eigenvalue weighted by atomic mass is 16.6.